The predicted octanol–water partition coefficient (Wildman–Crippen LogP) is 3.11. The van der Waals surface area contributed by atoms with E-state index >= 15 is 0 Å². The number of aryl methyl sites for hydroxylation is 1. The highest BCUT2D eigenvalue weighted by Gasteiger charge is 2.33. The zero-order valence-electron chi connectivity index (χ0n) is 15.1. The van der Waals surface area contributed by atoms with E-state index in [1.165, 1.54) is 12.8 Å². The fourth-order valence-electron chi connectivity index (χ4n) is 4.02. The van der Waals surface area contributed by atoms with Gasteiger partial charge in [-0.2, -0.15) is 21.1 Å². The lowest BCUT2D eigenvalue weighted by Crippen LogP contribution is -2.25. The molecule has 7 nitrogen and oxygen atoms in total. The van der Waals surface area contributed by atoms with Crippen LogP contribution < -0.4 is 10.2 Å². The smallest absolute Gasteiger partial charge is 0.226 e. The summed E-state index contributed by atoms with van der Waals surface area (Å²) in [5, 5.41) is 20.6. The summed E-state index contributed by atoms with van der Waals surface area (Å²) in [4.78, 5) is 14.6. The number of carbonyl (C=O) groups excluding carboxylic acids is 1. The number of hydrogen-bond acceptors (Lipinski definition) is 6. The summed E-state index contributed by atoms with van der Waals surface area (Å²) in [6.07, 6.45) is 2.84. The minimum atomic E-state index is 0.00139. The molecule has 1 saturated heterocycles. The highest BCUT2D eigenvalue weighted by molar-refractivity contribution is 7.08. The van der Waals surface area contributed by atoms with Gasteiger partial charge in [0.25, 0.3) is 0 Å². The lowest BCUT2D eigenvalue weighted by atomic mass is 9.87. The topological polar surface area (TPSA) is 75.9 Å². The Hall–Kier alpha value is -2.74. The third-order valence-electron chi connectivity index (χ3n) is 5.33. The van der Waals surface area contributed by atoms with Crippen molar-refractivity contribution in [2.45, 2.75) is 32.1 Å². The Balaban J connectivity index is 1.55. The second-order valence-corrected chi connectivity index (χ2v) is 7.84. The number of amides is 1. The summed E-state index contributed by atoms with van der Waals surface area (Å²) in [5.74, 6) is 2.26. The standard InChI is InChI=1S/C19H20N6OS/c1-12-18-14(13-6-9-27-11-13)10-17(26)20-19(18)25(23-12)16-5-4-15(21-22-16)24-7-2-3-8-24/h4-6,9,11,14H,2-3,7-8,10H2,1H3,(H,20,26). The van der Waals surface area contributed by atoms with E-state index in [1.54, 1.807) is 16.0 Å². The summed E-state index contributed by atoms with van der Waals surface area (Å²) in [6.45, 7) is 4.05. The van der Waals surface area contributed by atoms with Gasteiger partial charge in [-0.3, -0.25) is 4.79 Å². The van der Waals surface area contributed by atoms with Crippen LogP contribution >= 0.6 is 11.3 Å². The maximum Gasteiger partial charge on any atom is 0.226 e. The van der Waals surface area contributed by atoms with Crippen molar-refractivity contribution in [2.75, 3.05) is 23.3 Å². The van der Waals surface area contributed by atoms with Crippen LogP contribution in [0.15, 0.2) is 29.0 Å². The Morgan fingerprint density at radius 1 is 1.15 bits per heavy atom. The zero-order chi connectivity index (χ0) is 18.4. The summed E-state index contributed by atoms with van der Waals surface area (Å²) in [7, 11) is 0. The number of nitrogens with one attached hydrogen (secondary N) is 1. The van der Waals surface area contributed by atoms with Crippen LogP contribution in [0.5, 0.6) is 0 Å². The van der Waals surface area contributed by atoms with Crippen molar-refractivity contribution < 1.29 is 4.79 Å². The van der Waals surface area contributed by atoms with Crippen molar-refractivity contribution in [3.63, 3.8) is 0 Å². The first-order valence-corrected chi connectivity index (χ1v) is 10.2. The molecule has 1 fully saturated rings. The number of anilines is 2. The number of hydrogen-bond donors (Lipinski definition) is 1. The molecule has 1 atom stereocenters. The monoisotopic (exact) mass is 380 g/mol. The van der Waals surface area contributed by atoms with Gasteiger partial charge in [0, 0.05) is 31.0 Å². The Morgan fingerprint density at radius 2 is 1.93 bits per heavy atom. The average Bonchev–Trinajstić information content (AvgIpc) is 3.43. The number of rotatable bonds is 3. The maximum atomic E-state index is 12.4. The van der Waals surface area contributed by atoms with Crippen LogP contribution in [-0.4, -0.2) is 39.0 Å². The molecule has 1 unspecified atom stereocenters. The molecule has 1 amide bonds. The first kappa shape index (κ1) is 16.4. The van der Waals surface area contributed by atoms with Gasteiger partial charge in [0.15, 0.2) is 11.6 Å². The molecule has 0 aliphatic carbocycles. The van der Waals surface area contributed by atoms with Gasteiger partial charge in [0.1, 0.15) is 5.82 Å². The van der Waals surface area contributed by atoms with Crippen LogP contribution in [0.25, 0.3) is 5.82 Å². The first-order valence-electron chi connectivity index (χ1n) is 9.21. The second kappa shape index (κ2) is 6.45. The second-order valence-electron chi connectivity index (χ2n) is 7.06. The lowest BCUT2D eigenvalue weighted by molar-refractivity contribution is -0.116. The summed E-state index contributed by atoms with van der Waals surface area (Å²) in [5.41, 5.74) is 3.14. The molecule has 3 aromatic heterocycles. The molecule has 0 saturated carbocycles. The summed E-state index contributed by atoms with van der Waals surface area (Å²) >= 11 is 1.65. The molecular weight excluding hydrogens is 360 g/mol. The van der Waals surface area contributed by atoms with E-state index in [-0.39, 0.29) is 11.8 Å². The normalized spacial score (nSPS) is 19.2. The van der Waals surface area contributed by atoms with E-state index in [0.29, 0.717) is 18.1 Å². The molecule has 0 radical (unpaired) electrons. The van der Waals surface area contributed by atoms with Gasteiger partial charge >= 0.3 is 0 Å². The minimum absolute atomic E-state index is 0.00139. The summed E-state index contributed by atoms with van der Waals surface area (Å²) in [6, 6.07) is 5.99. The molecule has 0 aromatic carbocycles. The fraction of sp³-hybridized carbons (Fsp3) is 0.368. The maximum absolute atomic E-state index is 12.4. The van der Waals surface area contributed by atoms with Crippen molar-refractivity contribution >= 4 is 28.9 Å². The van der Waals surface area contributed by atoms with E-state index in [9.17, 15) is 4.79 Å². The molecule has 0 bridgehead atoms. The molecule has 3 aromatic rings. The molecule has 1 N–H and O–H groups in total. The highest BCUT2D eigenvalue weighted by atomic mass is 32.1. The molecule has 8 heteroatoms. The molecule has 0 spiro atoms. The van der Waals surface area contributed by atoms with Gasteiger partial charge in [-0.25, -0.2) is 0 Å². The molecular formula is C19H20N6OS. The van der Waals surface area contributed by atoms with Gasteiger partial charge in [0.05, 0.1) is 5.69 Å². The van der Waals surface area contributed by atoms with Crippen LogP contribution in [-0.2, 0) is 4.79 Å². The van der Waals surface area contributed by atoms with Crippen LogP contribution in [0.4, 0.5) is 11.6 Å². The molecule has 2 aliphatic rings. The molecule has 5 heterocycles. The number of nitrogens with zero attached hydrogens (tertiary/aromatic N) is 5. The van der Waals surface area contributed by atoms with E-state index in [4.69, 9.17) is 0 Å². The Bertz CT molecular complexity index is 973. The Morgan fingerprint density at radius 3 is 2.63 bits per heavy atom. The highest BCUT2D eigenvalue weighted by Crippen LogP contribution is 2.40. The molecule has 5 rings (SSSR count). The average molecular weight is 380 g/mol. The van der Waals surface area contributed by atoms with Crippen molar-refractivity contribution in [2.24, 2.45) is 0 Å². The Kier molecular flexibility index (Phi) is 3.93. The van der Waals surface area contributed by atoms with Gasteiger partial charge in [-0.1, -0.05) is 0 Å². The van der Waals surface area contributed by atoms with Crippen LogP contribution in [0.3, 0.4) is 0 Å². The van der Waals surface area contributed by atoms with Gasteiger partial charge in [-0.15, -0.1) is 10.2 Å². The molecule has 138 valence electrons. The number of carbonyl (C=O) groups is 1. The van der Waals surface area contributed by atoms with Crippen molar-refractivity contribution in [3.8, 4) is 5.82 Å². The number of aromatic nitrogens is 4. The van der Waals surface area contributed by atoms with Gasteiger partial charge < -0.3 is 10.2 Å². The largest absolute Gasteiger partial charge is 0.355 e. The van der Waals surface area contributed by atoms with Crippen molar-refractivity contribution in [1.29, 1.82) is 0 Å². The third-order valence-corrected chi connectivity index (χ3v) is 6.03. The van der Waals surface area contributed by atoms with Gasteiger partial charge in [-0.05, 0) is 54.3 Å². The molecule has 27 heavy (non-hydrogen) atoms. The SMILES string of the molecule is Cc1nn(-c2ccc(N3CCCC3)nn2)c2c1C(c1ccsc1)CC(=O)N2. The first-order chi connectivity index (χ1) is 13.2. The van der Waals surface area contributed by atoms with E-state index < -0.39 is 0 Å². The number of fused-ring (bicyclic) bond motifs is 1. The van der Waals surface area contributed by atoms with E-state index in [1.807, 2.05) is 24.4 Å². The lowest BCUT2D eigenvalue weighted by Gasteiger charge is -2.23. The van der Waals surface area contributed by atoms with Crippen LogP contribution in [0.2, 0.25) is 0 Å². The summed E-state index contributed by atoms with van der Waals surface area (Å²) < 4.78 is 1.71. The van der Waals surface area contributed by atoms with E-state index in [2.05, 4.69) is 37.0 Å². The zero-order valence-corrected chi connectivity index (χ0v) is 15.9. The third kappa shape index (κ3) is 2.80. The predicted molar refractivity (Wildman–Crippen MR) is 105 cm³/mol. The van der Waals surface area contributed by atoms with Crippen LogP contribution in [0, 0.1) is 6.92 Å². The number of thiophene rings is 1. The quantitative estimate of drug-likeness (QED) is 0.756. The Labute approximate surface area is 161 Å². The van der Waals surface area contributed by atoms with E-state index in [0.717, 1.165) is 35.7 Å². The van der Waals surface area contributed by atoms with Gasteiger partial charge in [0.2, 0.25) is 5.91 Å². The van der Waals surface area contributed by atoms with Crippen molar-refractivity contribution in [1.82, 2.24) is 20.0 Å². The fourth-order valence-corrected chi connectivity index (χ4v) is 4.73. The molecule has 2 aliphatic heterocycles. The minimum Gasteiger partial charge on any atom is -0.355 e. The van der Waals surface area contributed by atoms with Crippen LogP contribution in [0.1, 0.15) is 42.0 Å². The van der Waals surface area contributed by atoms with Crippen molar-refractivity contribution in [3.05, 3.63) is 45.8 Å².